The van der Waals surface area contributed by atoms with Crippen LogP contribution in [0.2, 0.25) is 0 Å². The number of nitrogens with zero attached hydrogens (tertiary/aromatic N) is 1. The molecule has 0 fully saturated rings. The lowest BCUT2D eigenvalue weighted by Crippen LogP contribution is -2.30. The average molecular weight is 251 g/mol. The molecule has 0 saturated carbocycles. The number of rotatable bonds is 6. The first-order valence-corrected chi connectivity index (χ1v) is 8.01. The standard InChI is InChI=1S/C15H25NS/c1-3-5-10-16(4-2)12-13-7-6-8-15-14(13)9-11-17-15/h9,11,13H,3-8,10,12H2,1-2H3. The van der Waals surface area contributed by atoms with Crippen molar-refractivity contribution in [2.75, 3.05) is 19.6 Å². The number of likely N-dealkylation sites (N-methyl/N-ethyl adjacent to an activating group) is 1. The molecular formula is C15H25NS. The largest absolute Gasteiger partial charge is 0.303 e. The number of thiophene rings is 1. The molecule has 1 unspecified atom stereocenters. The minimum atomic E-state index is 0.807. The van der Waals surface area contributed by atoms with Gasteiger partial charge >= 0.3 is 0 Å². The molecule has 1 aliphatic rings. The molecule has 0 amide bonds. The third-order valence-corrected chi connectivity index (χ3v) is 4.93. The molecule has 1 heterocycles. The first kappa shape index (κ1) is 13.1. The van der Waals surface area contributed by atoms with Crippen LogP contribution in [0.1, 0.15) is 55.9 Å². The van der Waals surface area contributed by atoms with Crippen molar-refractivity contribution in [3.05, 3.63) is 21.9 Å². The van der Waals surface area contributed by atoms with Crippen molar-refractivity contribution in [3.63, 3.8) is 0 Å². The highest BCUT2D eigenvalue weighted by molar-refractivity contribution is 7.10. The van der Waals surface area contributed by atoms with E-state index in [-0.39, 0.29) is 0 Å². The molecule has 1 atom stereocenters. The predicted molar refractivity (Wildman–Crippen MR) is 77.0 cm³/mol. The van der Waals surface area contributed by atoms with Crippen LogP contribution in [0.4, 0.5) is 0 Å². The average Bonchev–Trinajstić information content (AvgIpc) is 2.83. The fourth-order valence-electron chi connectivity index (χ4n) is 2.84. The maximum absolute atomic E-state index is 2.64. The molecule has 2 rings (SSSR count). The molecule has 2 heteroatoms. The van der Waals surface area contributed by atoms with Gasteiger partial charge in [0, 0.05) is 11.4 Å². The minimum absolute atomic E-state index is 0.807. The number of fused-ring (bicyclic) bond motifs is 1. The lowest BCUT2D eigenvalue weighted by atomic mass is 9.87. The zero-order valence-corrected chi connectivity index (χ0v) is 12.1. The molecular weight excluding hydrogens is 226 g/mol. The van der Waals surface area contributed by atoms with E-state index in [1.165, 1.54) is 51.7 Å². The van der Waals surface area contributed by atoms with Gasteiger partial charge in [0.25, 0.3) is 0 Å². The molecule has 0 aromatic carbocycles. The van der Waals surface area contributed by atoms with Gasteiger partial charge in [-0.1, -0.05) is 20.3 Å². The van der Waals surface area contributed by atoms with Gasteiger partial charge in [0.1, 0.15) is 0 Å². The maximum Gasteiger partial charge on any atom is 0.00805 e. The Kier molecular flexibility index (Phi) is 5.05. The summed E-state index contributed by atoms with van der Waals surface area (Å²) in [6.45, 7) is 8.34. The molecule has 0 spiro atoms. The molecule has 1 aliphatic carbocycles. The van der Waals surface area contributed by atoms with Crippen molar-refractivity contribution in [3.8, 4) is 0 Å². The quantitative estimate of drug-likeness (QED) is 0.729. The summed E-state index contributed by atoms with van der Waals surface area (Å²) >= 11 is 1.96. The summed E-state index contributed by atoms with van der Waals surface area (Å²) in [6.07, 6.45) is 6.77. The predicted octanol–water partition coefficient (Wildman–Crippen LogP) is 4.29. The van der Waals surface area contributed by atoms with Crippen molar-refractivity contribution in [2.45, 2.75) is 51.9 Å². The van der Waals surface area contributed by atoms with E-state index in [1.54, 1.807) is 10.4 Å². The Morgan fingerprint density at radius 2 is 2.29 bits per heavy atom. The second-order valence-electron chi connectivity index (χ2n) is 5.14. The highest BCUT2D eigenvalue weighted by Gasteiger charge is 2.22. The molecule has 0 radical (unpaired) electrons. The Hall–Kier alpha value is -0.340. The summed E-state index contributed by atoms with van der Waals surface area (Å²) in [4.78, 5) is 4.30. The first-order chi connectivity index (χ1) is 8.35. The fourth-order valence-corrected chi connectivity index (χ4v) is 3.86. The second-order valence-corrected chi connectivity index (χ2v) is 6.14. The van der Waals surface area contributed by atoms with Crippen molar-refractivity contribution < 1.29 is 0 Å². The lowest BCUT2D eigenvalue weighted by Gasteiger charge is -2.29. The molecule has 96 valence electrons. The summed E-state index contributed by atoms with van der Waals surface area (Å²) in [5.41, 5.74) is 1.66. The Bertz CT molecular complexity index is 331. The Balaban J connectivity index is 1.95. The number of aryl methyl sites for hydroxylation is 1. The van der Waals surface area contributed by atoms with E-state index in [0.717, 1.165) is 5.92 Å². The van der Waals surface area contributed by atoms with Crippen LogP contribution in [-0.2, 0) is 6.42 Å². The highest BCUT2D eigenvalue weighted by Crippen LogP contribution is 2.35. The van der Waals surface area contributed by atoms with E-state index in [4.69, 9.17) is 0 Å². The van der Waals surface area contributed by atoms with Gasteiger partial charge in [-0.25, -0.2) is 0 Å². The summed E-state index contributed by atoms with van der Waals surface area (Å²) in [5, 5.41) is 2.28. The van der Waals surface area contributed by atoms with Crippen LogP contribution >= 0.6 is 11.3 Å². The topological polar surface area (TPSA) is 3.24 Å². The summed E-state index contributed by atoms with van der Waals surface area (Å²) in [5.74, 6) is 0.807. The highest BCUT2D eigenvalue weighted by atomic mass is 32.1. The van der Waals surface area contributed by atoms with Crippen LogP contribution in [0.15, 0.2) is 11.4 Å². The van der Waals surface area contributed by atoms with E-state index in [2.05, 4.69) is 30.2 Å². The molecule has 0 saturated heterocycles. The van der Waals surface area contributed by atoms with Crippen LogP contribution in [0.3, 0.4) is 0 Å². The Morgan fingerprint density at radius 3 is 3.06 bits per heavy atom. The summed E-state index contributed by atoms with van der Waals surface area (Å²) in [7, 11) is 0. The van der Waals surface area contributed by atoms with E-state index < -0.39 is 0 Å². The van der Waals surface area contributed by atoms with Crippen LogP contribution in [0.25, 0.3) is 0 Å². The van der Waals surface area contributed by atoms with Gasteiger partial charge in [-0.3, -0.25) is 0 Å². The van der Waals surface area contributed by atoms with Gasteiger partial charge in [0.05, 0.1) is 0 Å². The minimum Gasteiger partial charge on any atom is -0.303 e. The van der Waals surface area contributed by atoms with Gasteiger partial charge in [0.2, 0.25) is 0 Å². The zero-order chi connectivity index (χ0) is 12.1. The van der Waals surface area contributed by atoms with Crippen molar-refractivity contribution in [1.82, 2.24) is 4.90 Å². The normalized spacial score (nSPS) is 19.6. The van der Waals surface area contributed by atoms with Gasteiger partial charge < -0.3 is 4.90 Å². The molecule has 1 aromatic rings. The van der Waals surface area contributed by atoms with Crippen LogP contribution < -0.4 is 0 Å². The number of hydrogen-bond donors (Lipinski definition) is 0. The van der Waals surface area contributed by atoms with Gasteiger partial charge in [-0.2, -0.15) is 0 Å². The SMILES string of the molecule is CCCCN(CC)CC1CCCc2sccc21. The van der Waals surface area contributed by atoms with Crippen LogP contribution in [-0.4, -0.2) is 24.5 Å². The van der Waals surface area contributed by atoms with E-state index in [1.807, 2.05) is 11.3 Å². The number of unbranched alkanes of at least 4 members (excludes halogenated alkanes) is 1. The third kappa shape index (κ3) is 3.32. The van der Waals surface area contributed by atoms with E-state index in [0.29, 0.717) is 0 Å². The molecule has 1 nitrogen and oxygen atoms in total. The van der Waals surface area contributed by atoms with Crippen molar-refractivity contribution in [1.29, 1.82) is 0 Å². The van der Waals surface area contributed by atoms with E-state index in [9.17, 15) is 0 Å². The third-order valence-electron chi connectivity index (χ3n) is 3.93. The van der Waals surface area contributed by atoms with Gasteiger partial charge in [-0.15, -0.1) is 11.3 Å². The smallest absolute Gasteiger partial charge is 0.00805 e. The molecule has 0 aliphatic heterocycles. The second kappa shape index (κ2) is 6.55. The first-order valence-electron chi connectivity index (χ1n) is 7.13. The molecule has 0 bridgehead atoms. The lowest BCUT2D eigenvalue weighted by molar-refractivity contribution is 0.256. The van der Waals surface area contributed by atoms with Crippen molar-refractivity contribution >= 4 is 11.3 Å². The molecule has 0 N–H and O–H groups in total. The van der Waals surface area contributed by atoms with Gasteiger partial charge in [-0.05, 0) is 61.7 Å². The Labute approximate surface area is 110 Å². The molecule has 17 heavy (non-hydrogen) atoms. The Morgan fingerprint density at radius 1 is 1.41 bits per heavy atom. The molecule has 1 aromatic heterocycles. The maximum atomic E-state index is 2.64. The number of hydrogen-bond acceptors (Lipinski definition) is 2. The monoisotopic (exact) mass is 251 g/mol. The van der Waals surface area contributed by atoms with Crippen molar-refractivity contribution in [2.24, 2.45) is 0 Å². The summed E-state index contributed by atoms with van der Waals surface area (Å²) in [6, 6.07) is 2.37. The van der Waals surface area contributed by atoms with Crippen LogP contribution in [0.5, 0.6) is 0 Å². The van der Waals surface area contributed by atoms with Crippen LogP contribution in [0, 0.1) is 0 Å². The van der Waals surface area contributed by atoms with E-state index >= 15 is 0 Å². The zero-order valence-electron chi connectivity index (χ0n) is 11.2. The summed E-state index contributed by atoms with van der Waals surface area (Å²) < 4.78 is 0. The van der Waals surface area contributed by atoms with Gasteiger partial charge in [0.15, 0.2) is 0 Å². The fraction of sp³-hybridized carbons (Fsp3) is 0.733.